The SMILES string of the molecule is NC(c1nccs1)c1ccc(Br)cc1Cl. The van der Waals surface area contributed by atoms with Gasteiger partial charge in [-0.05, 0) is 17.7 Å². The smallest absolute Gasteiger partial charge is 0.114 e. The van der Waals surface area contributed by atoms with Crippen molar-refractivity contribution in [3.63, 3.8) is 0 Å². The zero-order chi connectivity index (χ0) is 10.8. The number of rotatable bonds is 2. The van der Waals surface area contributed by atoms with Crippen molar-refractivity contribution in [3.8, 4) is 0 Å². The van der Waals surface area contributed by atoms with E-state index in [2.05, 4.69) is 20.9 Å². The summed E-state index contributed by atoms with van der Waals surface area (Å²) in [5.41, 5.74) is 6.96. The molecule has 0 saturated carbocycles. The number of aromatic nitrogens is 1. The number of nitrogens with zero attached hydrogens (tertiary/aromatic N) is 1. The van der Waals surface area contributed by atoms with E-state index >= 15 is 0 Å². The lowest BCUT2D eigenvalue weighted by molar-refractivity contribution is 0.857. The van der Waals surface area contributed by atoms with Crippen LogP contribution in [0, 0.1) is 0 Å². The molecule has 5 heteroatoms. The standard InChI is InChI=1S/C10H8BrClN2S/c11-6-1-2-7(8(12)5-6)9(13)10-14-3-4-15-10/h1-5,9H,13H2. The highest BCUT2D eigenvalue weighted by Gasteiger charge is 2.14. The maximum Gasteiger partial charge on any atom is 0.114 e. The number of thiazole rings is 1. The Hall–Kier alpha value is -0.420. The van der Waals surface area contributed by atoms with Crippen LogP contribution in [-0.2, 0) is 0 Å². The van der Waals surface area contributed by atoms with Gasteiger partial charge in [-0.2, -0.15) is 0 Å². The Morgan fingerprint density at radius 1 is 1.47 bits per heavy atom. The summed E-state index contributed by atoms with van der Waals surface area (Å²) >= 11 is 11.0. The molecule has 0 aliphatic rings. The average molecular weight is 304 g/mol. The van der Waals surface area contributed by atoms with E-state index in [1.54, 1.807) is 6.20 Å². The maximum absolute atomic E-state index is 6.11. The van der Waals surface area contributed by atoms with Gasteiger partial charge < -0.3 is 5.73 Å². The first-order valence-electron chi connectivity index (χ1n) is 4.28. The Morgan fingerprint density at radius 2 is 2.27 bits per heavy atom. The van der Waals surface area contributed by atoms with Gasteiger partial charge in [-0.1, -0.05) is 33.6 Å². The molecule has 2 N–H and O–H groups in total. The third-order valence-corrected chi connectivity index (χ3v) is 3.69. The lowest BCUT2D eigenvalue weighted by Gasteiger charge is -2.10. The van der Waals surface area contributed by atoms with Crippen molar-refractivity contribution in [2.75, 3.05) is 0 Å². The number of hydrogen-bond acceptors (Lipinski definition) is 3. The molecule has 2 nitrogen and oxygen atoms in total. The fourth-order valence-corrected chi connectivity index (χ4v) is 2.72. The maximum atomic E-state index is 6.11. The Bertz CT molecular complexity index is 458. The highest BCUT2D eigenvalue weighted by molar-refractivity contribution is 9.10. The van der Waals surface area contributed by atoms with E-state index in [9.17, 15) is 0 Å². The van der Waals surface area contributed by atoms with Crippen LogP contribution in [0.4, 0.5) is 0 Å². The van der Waals surface area contributed by atoms with Crippen LogP contribution in [0.3, 0.4) is 0 Å². The number of halogens is 2. The second-order valence-corrected chi connectivity index (χ2v) is 5.26. The van der Waals surface area contributed by atoms with Crippen LogP contribution in [0.5, 0.6) is 0 Å². The van der Waals surface area contributed by atoms with E-state index in [0.29, 0.717) is 5.02 Å². The van der Waals surface area contributed by atoms with E-state index in [4.69, 9.17) is 17.3 Å². The van der Waals surface area contributed by atoms with E-state index in [1.165, 1.54) is 11.3 Å². The number of benzene rings is 1. The highest BCUT2D eigenvalue weighted by Crippen LogP contribution is 2.29. The zero-order valence-electron chi connectivity index (χ0n) is 7.65. The van der Waals surface area contributed by atoms with Crippen LogP contribution < -0.4 is 5.73 Å². The molecule has 0 aliphatic carbocycles. The van der Waals surface area contributed by atoms with Crippen LogP contribution in [0.1, 0.15) is 16.6 Å². The summed E-state index contributed by atoms with van der Waals surface area (Å²) in [4.78, 5) is 4.18. The fraction of sp³-hybridized carbons (Fsp3) is 0.100. The van der Waals surface area contributed by atoms with Crippen LogP contribution in [0.2, 0.25) is 5.02 Å². The summed E-state index contributed by atoms with van der Waals surface area (Å²) in [5, 5.41) is 3.44. The van der Waals surface area contributed by atoms with E-state index in [0.717, 1.165) is 15.0 Å². The van der Waals surface area contributed by atoms with Gasteiger partial charge in [-0.3, -0.25) is 0 Å². The number of nitrogens with two attached hydrogens (primary N) is 1. The van der Waals surface area contributed by atoms with Crippen molar-refractivity contribution in [1.82, 2.24) is 4.98 Å². The molecule has 0 fully saturated rings. The van der Waals surface area contributed by atoms with E-state index in [1.807, 2.05) is 23.6 Å². The Labute approximate surface area is 105 Å². The predicted molar refractivity (Wildman–Crippen MR) is 67.3 cm³/mol. The lowest BCUT2D eigenvalue weighted by atomic mass is 10.1. The summed E-state index contributed by atoms with van der Waals surface area (Å²) in [6, 6.07) is 5.43. The van der Waals surface area contributed by atoms with Crippen molar-refractivity contribution < 1.29 is 0 Å². The summed E-state index contributed by atoms with van der Waals surface area (Å²) in [7, 11) is 0. The quantitative estimate of drug-likeness (QED) is 0.920. The molecule has 0 bridgehead atoms. The molecule has 15 heavy (non-hydrogen) atoms. The second kappa shape index (κ2) is 4.61. The molecule has 0 spiro atoms. The van der Waals surface area contributed by atoms with Gasteiger partial charge in [-0.15, -0.1) is 11.3 Å². The molecule has 0 saturated heterocycles. The molecular formula is C10H8BrClN2S. The molecule has 1 atom stereocenters. The molecule has 1 unspecified atom stereocenters. The van der Waals surface area contributed by atoms with Gasteiger partial charge in [-0.25, -0.2) is 4.98 Å². The molecule has 0 radical (unpaired) electrons. The third-order valence-electron chi connectivity index (χ3n) is 2.02. The lowest BCUT2D eigenvalue weighted by Crippen LogP contribution is -2.11. The fourth-order valence-electron chi connectivity index (χ4n) is 1.27. The summed E-state index contributed by atoms with van der Waals surface area (Å²) in [5.74, 6) is 0. The largest absolute Gasteiger partial charge is 0.318 e. The van der Waals surface area contributed by atoms with Gasteiger partial charge in [0.05, 0.1) is 6.04 Å². The predicted octanol–water partition coefficient (Wildman–Crippen LogP) is 3.61. The van der Waals surface area contributed by atoms with Gasteiger partial charge in [0.2, 0.25) is 0 Å². The van der Waals surface area contributed by atoms with Gasteiger partial charge in [0.1, 0.15) is 5.01 Å². The molecule has 2 aromatic rings. The van der Waals surface area contributed by atoms with Gasteiger partial charge in [0.25, 0.3) is 0 Å². The Morgan fingerprint density at radius 3 is 2.87 bits per heavy atom. The van der Waals surface area contributed by atoms with Crippen molar-refractivity contribution >= 4 is 38.9 Å². The summed E-state index contributed by atoms with van der Waals surface area (Å²) in [6.07, 6.45) is 1.74. The van der Waals surface area contributed by atoms with Crippen LogP contribution in [-0.4, -0.2) is 4.98 Å². The minimum absolute atomic E-state index is 0.245. The van der Waals surface area contributed by atoms with Gasteiger partial charge >= 0.3 is 0 Å². The van der Waals surface area contributed by atoms with Crippen LogP contribution in [0.15, 0.2) is 34.2 Å². The molecular weight excluding hydrogens is 296 g/mol. The Balaban J connectivity index is 2.38. The van der Waals surface area contributed by atoms with Crippen molar-refractivity contribution in [3.05, 3.63) is 49.8 Å². The molecule has 1 aromatic carbocycles. The molecule has 1 aromatic heterocycles. The summed E-state index contributed by atoms with van der Waals surface area (Å²) in [6.45, 7) is 0. The first kappa shape index (κ1) is 11.1. The third kappa shape index (κ3) is 2.39. The topological polar surface area (TPSA) is 38.9 Å². The molecule has 0 aliphatic heterocycles. The van der Waals surface area contributed by atoms with Crippen LogP contribution in [0.25, 0.3) is 0 Å². The summed E-state index contributed by atoms with van der Waals surface area (Å²) < 4.78 is 0.947. The molecule has 0 amide bonds. The monoisotopic (exact) mass is 302 g/mol. The second-order valence-electron chi connectivity index (χ2n) is 3.01. The first-order valence-corrected chi connectivity index (χ1v) is 6.33. The number of hydrogen-bond donors (Lipinski definition) is 1. The van der Waals surface area contributed by atoms with E-state index < -0.39 is 0 Å². The van der Waals surface area contributed by atoms with Gasteiger partial charge in [0.15, 0.2) is 0 Å². The normalized spacial score (nSPS) is 12.7. The Kier molecular flexibility index (Phi) is 3.41. The zero-order valence-corrected chi connectivity index (χ0v) is 10.8. The van der Waals surface area contributed by atoms with Crippen LogP contribution >= 0.6 is 38.9 Å². The van der Waals surface area contributed by atoms with Gasteiger partial charge in [0, 0.05) is 21.1 Å². The van der Waals surface area contributed by atoms with Crippen molar-refractivity contribution in [1.29, 1.82) is 0 Å². The average Bonchev–Trinajstić information content (AvgIpc) is 2.69. The first-order chi connectivity index (χ1) is 7.18. The van der Waals surface area contributed by atoms with Crippen molar-refractivity contribution in [2.45, 2.75) is 6.04 Å². The highest BCUT2D eigenvalue weighted by atomic mass is 79.9. The minimum Gasteiger partial charge on any atom is -0.318 e. The van der Waals surface area contributed by atoms with E-state index in [-0.39, 0.29) is 6.04 Å². The van der Waals surface area contributed by atoms with Crippen molar-refractivity contribution in [2.24, 2.45) is 5.73 Å². The minimum atomic E-state index is -0.245. The molecule has 1 heterocycles. The molecule has 2 rings (SSSR count). The molecule has 78 valence electrons.